The molecule has 0 amide bonds. The molecule has 4 aromatic rings. The number of aliphatic carboxylic acids is 1. The van der Waals surface area contributed by atoms with E-state index in [1.807, 2.05) is 32.0 Å². The SMILES string of the molecule is CC(C)COc1ccc(-c2cc(NS(C)(=O)=O)ccc2Oc2ccc3cc(C#N)ccc3c2)c(C(=O)O)c1.O=C(O)C(F)(F)F. The van der Waals surface area contributed by atoms with Crippen LogP contribution in [0.5, 0.6) is 17.2 Å². The van der Waals surface area contributed by atoms with Crippen molar-refractivity contribution in [1.82, 2.24) is 0 Å². The number of sulfonamides is 1. The van der Waals surface area contributed by atoms with E-state index in [1.165, 1.54) is 12.1 Å². The van der Waals surface area contributed by atoms with Gasteiger partial charge in [-0.2, -0.15) is 18.4 Å². The number of ether oxygens (including phenoxy) is 2. The zero-order chi connectivity index (χ0) is 33.5. The normalized spacial score (nSPS) is 11.2. The fourth-order valence-electron chi connectivity index (χ4n) is 3.88. The number of aromatic carboxylic acids is 1. The number of benzene rings is 4. The molecule has 0 heterocycles. The minimum absolute atomic E-state index is 0.0184. The number of carboxylic acid groups (broad SMARTS) is 2. The Labute approximate surface area is 256 Å². The summed E-state index contributed by atoms with van der Waals surface area (Å²) in [6.45, 7) is 4.41. The van der Waals surface area contributed by atoms with E-state index in [0.29, 0.717) is 40.5 Å². The molecule has 0 fully saturated rings. The average molecular weight is 645 g/mol. The number of anilines is 1. The Morgan fingerprint density at radius 2 is 1.53 bits per heavy atom. The fraction of sp³-hybridized carbons (Fsp3) is 0.194. The molecule has 14 heteroatoms. The van der Waals surface area contributed by atoms with Crippen molar-refractivity contribution in [3.05, 3.63) is 83.9 Å². The van der Waals surface area contributed by atoms with Crippen molar-refractivity contribution in [3.8, 4) is 34.4 Å². The Morgan fingerprint density at radius 3 is 2.11 bits per heavy atom. The molecular weight excluding hydrogens is 617 g/mol. The van der Waals surface area contributed by atoms with Crippen LogP contribution in [0.1, 0.15) is 29.8 Å². The van der Waals surface area contributed by atoms with E-state index in [-0.39, 0.29) is 17.2 Å². The number of carbonyl (C=O) groups is 2. The number of rotatable bonds is 9. The van der Waals surface area contributed by atoms with E-state index in [4.69, 9.17) is 24.6 Å². The molecule has 0 aromatic heterocycles. The molecule has 0 aliphatic heterocycles. The molecular formula is C31H27F3N2O8S. The van der Waals surface area contributed by atoms with Crippen LogP contribution in [-0.2, 0) is 14.8 Å². The van der Waals surface area contributed by atoms with Crippen molar-refractivity contribution < 1.29 is 50.9 Å². The van der Waals surface area contributed by atoms with Gasteiger partial charge in [0.15, 0.2) is 0 Å². The average Bonchev–Trinajstić information content (AvgIpc) is 2.95. The van der Waals surface area contributed by atoms with Crippen molar-refractivity contribution in [3.63, 3.8) is 0 Å². The Morgan fingerprint density at radius 1 is 0.911 bits per heavy atom. The van der Waals surface area contributed by atoms with Gasteiger partial charge in [0.05, 0.1) is 30.1 Å². The summed E-state index contributed by atoms with van der Waals surface area (Å²) in [7, 11) is -3.58. The highest BCUT2D eigenvalue weighted by molar-refractivity contribution is 7.92. The number of fused-ring (bicyclic) bond motifs is 1. The summed E-state index contributed by atoms with van der Waals surface area (Å²) in [5, 5.41) is 28.0. The fourth-order valence-corrected chi connectivity index (χ4v) is 4.43. The summed E-state index contributed by atoms with van der Waals surface area (Å²) in [6.07, 6.45) is -4.05. The maximum atomic E-state index is 12.2. The minimum Gasteiger partial charge on any atom is -0.493 e. The number of carboxylic acids is 2. The lowest BCUT2D eigenvalue weighted by atomic mass is 9.98. The number of hydrogen-bond acceptors (Lipinski definition) is 7. The van der Waals surface area contributed by atoms with Crippen LogP contribution in [0.25, 0.3) is 21.9 Å². The second kappa shape index (κ2) is 14.0. The van der Waals surface area contributed by atoms with E-state index in [0.717, 1.165) is 17.0 Å². The Balaban J connectivity index is 0.000000707. The third-order valence-corrected chi connectivity index (χ3v) is 6.40. The highest BCUT2D eigenvalue weighted by Gasteiger charge is 2.38. The summed E-state index contributed by atoms with van der Waals surface area (Å²) in [5.41, 5.74) is 1.50. The number of nitrogens with zero attached hydrogens (tertiary/aromatic N) is 1. The van der Waals surface area contributed by atoms with Gasteiger partial charge in [-0.15, -0.1) is 0 Å². The standard InChI is InChI=1S/C29H26N2O6S.C2HF3O2/c1-18(2)17-36-23-9-10-25(27(15-23)29(32)33)26-14-22(31-38(3,34)35)7-11-28(26)37-24-8-6-20-12-19(16-30)4-5-21(20)13-24;3-2(4,5)1(6)7/h4-15,18,31H,17H2,1-3H3,(H,32,33);(H,6,7). The molecule has 0 saturated heterocycles. The smallest absolute Gasteiger partial charge is 0.490 e. The zero-order valence-corrected chi connectivity index (χ0v) is 24.9. The van der Waals surface area contributed by atoms with Gasteiger partial charge in [-0.3, -0.25) is 4.72 Å². The molecule has 0 spiro atoms. The number of nitriles is 1. The third kappa shape index (κ3) is 9.87. The first-order chi connectivity index (χ1) is 21.0. The number of halogens is 3. The topological polar surface area (TPSA) is 163 Å². The monoisotopic (exact) mass is 644 g/mol. The molecule has 4 aromatic carbocycles. The van der Waals surface area contributed by atoms with Gasteiger partial charge in [-0.25, -0.2) is 18.0 Å². The van der Waals surface area contributed by atoms with Crippen LogP contribution in [0.3, 0.4) is 0 Å². The third-order valence-electron chi connectivity index (χ3n) is 5.79. The predicted octanol–water partition coefficient (Wildman–Crippen LogP) is 6.91. The predicted molar refractivity (Wildman–Crippen MR) is 160 cm³/mol. The van der Waals surface area contributed by atoms with Gasteiger partial charge in [-0.1, -0.05) is 26.0 Å². The van der Waals surface area contributed by atoms with Gasteiger partial charge in [0.1, 0.15) is 17.2 Å². The second-order valence-electron chi connectivity index (χ2n) is 10.0. The largest absolute Gasteiger partial charge is 0.493 e. The maximum absolute atomic E-state index is 12.2. The first kappa shape index (κ1) is 34.2. The summed E-state index contributed by atoms with van der Waals surface area (Å²) >= 11 is 0. The van der Waals surface area contributed by atoms with Crippen molar-refractivity contribution in [2.45, 2.75) is 20.0 Å². The molecule has 10 nitrogen and oxygen atoms in total. The Kier molecular flexibility index (Phi) is 10.6. The first-order valence-corrected chi connectivity index (χ1v) is 14.9. The molecule has 4 rings (SSSR count). The van der Waals surface area contributed by atoms with Crippen LogP contribution in [0.4, 0.5) is 18.9 Å². The van der Waals surface area contributed by atoms with Crippen LogP contribution in [0.2, 0.25) is 0 Å². The van der Waals surface area contributed by atoms with E-state index in [9.17, 15) is 31.5 Å². The molecule has 0 atom stereocenters. The molecule has 0 bridgehead atoms. The Bertz CT molecular complexity index is 1880. The first-order valence-electron chi connectivity index (χ1n) is 13.0. The van der Waals surface area contributed by atoms with Crippen LogP contribution in [0.15, 0.2) is 72.8 Å². The van der Waals surface area contributed by atoms with Crippen molar-refractivity contribution in [2.75, 3.05) is 17.6 Å². The molecule has 3 N–H and O–H groups in total. The van der Waals surface area contributed by atoms with E-state index < -0.39 is 28.1 Å². The summed E-state index contributed by atoms with van der Waals surface area (Å²) in [6, 6.07) is 22.2. The van der Waals surface area contributed by atoms with Crippen molar-refractivity contribution >= 4 is 38.4 Å². The molecule has 236 valence electrons. The molecule has 0 radical (unpaired) electrons. The second-order valence-corrected chi connectivity index (χ2v) is 11.8. The van der Waals surface area contributed by atoms with Crippen molar-refractivity contribution in [1.29, 1.82) is 5.26 Å². The van der Waals surface area contributed by atoms with Crippen LogP contribution < -0.4 is 14.2 Å². The molecule has 0 aliphatic carbocycles. The summed E-state index contributed by atoms with van der Waals surface area (Å²) in [4.78, 5) is 21.1. The van der Waals surface area contributed by atoms with Gasteiger partial charge in [0, 0.05) is 16.8 Å². The minimum atomic E-state index is -5.08. The van der Waals surface area contributed by atoms with E-state index >= 15 is 0 Å². The van der Waals surface area contributed by atoms with Crippen molar-refractivity contribution in [2.24, 2.45) is 5.92 Å². The summed E-state index contributed by atoms with van der Waals surface area (Å²) < 4.78 is 69.8. The highest BCUT2D eigenvalue weighted by atomic mass is 32.2. The van der Waals surface area contributed by atoms with Gasteiger partial charge in [0.2, 0.25) is 10.0 Å². The lowest BCUT2D eigenvalue weighted by molar-refractivity contribution is -0.192. The molecule has 0 aliphatic rings. The maximum Gasteiger partial charge on any atom is 0.490 e. The lowest BCUT2D eigenvalue weighted by Gasteiger charge is -2.17. The van der Waals surface area contributed by atoms with E-state index in [2.05, 4.69) is 10.8 Å². The molecule has 45 heavy (non-hydrogen) atoms. The summed E-state index contributed by atoms with van der Waals surface area (Å²) in [5.74, 6) is -2.43. The number of nitrogens with one attached hydrogen (secondary N) is 1. The lowest BCUT2D eigenvalue weighted by Crippen LogP contribution is -2.21. The molecule has 0 saturated carbocycles. The zero-order valence-electron chi connectivity index (χ0n) is 24.0. The highest BCUT2D eigenvalue weighted by Crippen LogP contribution is 2.39. The number of hydrogen-bond donors (Lipinski definition) is 3. The van der Waals surface area contributed by atoms with Gasteiger partial charge in [0.25, 0.3) is 0 Å². The van der Waals surface area contributed by atoms with Crippen LogP contribution in [0, 0.1) is 17.2 Å². The Hall–Kier alpha value is -5.29. The number of alkyl halides is 3. The molecule has 0 unspecified atom stereocenters. The van der Waals surface area contributed by atoms with Crippen LogP contribution in [-0.4, -0.2) is 49.6 Å². The quantitative estimate of drug-likeness (QED) is 0.176. The van der Waals surface area contributed by atoms with Gasteiger partial charge in [-0.05, 0) is 77.4 Å². The van der Waals surface area contributed by atoms with Crippen LogP contribution >= 0.6 is 0 Å². The van der Waals surface area contributed by atoms with E-state index in [1.54, 1.807) is 42.5 Å². The van der Waals surface area contributed by atoms with Gasteiger partial charge < -0.3 is 19.7 Å². The van der Waals surface area contributed by atoms with Gasteiger partial charge >= 0.3 is 18.1 Å².